The molecule has 2 N–H and O–H groups in total. The Morgan fingerprint density at radius 1 is 1.57 bits per heavy atom. The molecule has 7 heavy (non-hydrogen) atoms. The van der Waals surface area contributed by atoms with Crippen LogP contribution in [0.5, 0.6) is 0 Å². The van der Waals surface area contributed by atoms with E-state index in [1.807, 2.05) is 0 Å². The first-order chi connectivity index (χ1) is 3.18. The summed E-state index contributed by atoms with van der Waals surface area (Å²) in [7, 11) is 0. The summed E-state index contributed by atoms with van der Waals surface area (Å²) >= 11 is 6.74. The fraction of sp³-hybridized carbons (Fsp3) is 1.00. The summed E-state index contributed by atoms with van der Waals surface area (Å²) in [6.45, 7) is 2.75. The molecule has 0 aromatic heterocycles. The standard InChI is InChI=1S/C4H9Br2N/c1-3(5)4(6)2-7/h3-4H,2,7H2,1H3. The van der Waals surface area contributed by atoms with Crippen LogP contribution in [0.2, 0.25) is 0 Å². The summed E-state index contributed by atoms with van der Waals surface area (Å²) in [5.74, 6) is 0. The van der Waals surface area contributed by atoms with Crippen LogP contribution >= 0.6 is 31.9 Å². The Bertz CT molecular complexity index is 47.0. The molecule has 3 heteroatoms. The average Bonchev–Trinajstić information content (AvgIpc) is 1.65. The first kappa shape index (κ1) is 7.92. The van der Waals surface area contributed by atoms with E-state index in [0.29, 0.717) is 16.2 Å². The summed E-state index contributed by atoms with van der Waals surface area (Å²) < 4.78 is 0. The predicted octanol–water partition coefficient (Wildman–Crippen LogP) is 1.49. The zero-order valence-corrected chi connectivity index (χ0v) is 7.37. The Kier molecular flexibility index (Phi) is 4.37. The third kappa shape index (κ3) is 3.50. The van der Waals surface area contributed by atoms with Crippen LogP contribution in [-0.4, -0.2) is 16.2 Å². The van der Waals surface area contributed by atoms with Gasteiger partial charge in [-0.15, -0.1) is 0 Å². The van der Waals surface area contributed by atoms with Crippen molar-refractivity contribution in [1.82, 2.24) is 0 Å². The number of alkyl halides is 2. The minimum atomic E-state index is 0.410. The maximum absolute atomic E-state index is 5.30. The third-order valence-electron chi connectivity index (χ3n) is 0.724. The summed E-state index contributed by atoms with van der Waals surface area (Å²) in [6, 6.07) is 0. The van der Waals surface area contributed by atoms with Crippen molar-refractivity contribution < 1.29 is 0 Å². The zero-order chi connectivity index (χ0) is 5.86. The molecule has 1 nitrogen and oxygen atoms in total. The maximum atomic E-state index is 5.30. The van der Waals surface area contributed by atoms with E-state index < -0.39 is 0 Å². The Balaban J connectivity index is 3.14. The second-order valence-corrected chi connectivity index (χ2v) is 4.05. The largest absolute Gasteiger partial charge is 0.329 e. The second kappa shape index (κ2) is 3.87. The fourth-order valence-electron chi connectivity index (χ4n) is 0.188. The molecule has 0 amide bonds. The van der Waals surface area contributed by atoms with E-state index in [1.54, 1.807) is 0 Å². The van der Waals surface area contributed by atoms with Crippen LogP contribution < -0.4 is 5.73 Å². The van der Waals surface area contributed by atoms with Crippen molar-refractivity contribution in [3.8, 4) is 0 Å². The van der Waals surface area contributed by atoms with Crippen LogP contribution in [0.3, 0.4) is 0 Å². The van der Waals surface area contributed by atoms with Gasteiger partial charge in [-0.2, -0.15) is 0 Å². The smallest absolute Gasteiger partial charge is 0.0390 e. The number of halogens is 2. The lowest BCUT2D eigenvalue weighted by atomic mass is 10.3. The zero-order valence-electron chi connectivity index (χ0n) is 4.20. The molecule has 2 unspecified atom stereocenters. The fourth-order valence-corrected chi connectivity index (χ4v) is 0.403. The Hall–Kier alpha value is 0.920. The minimum absolute atomic E-state index is 0.410. The highest BCUT2D eigenvalue weighted by atomic mass is 79.9. The van der Waals surface area contributed by atoms with Crippen LogP contribution in [0.1, 0.15) is 6.92 Å². The summed E-state index contributed by atoms with van der Waals surface area (Å²) in [5, 5.41) is 0. The van der Waals surface area contributed by atoms with Gasteiger partial charge in [-0.25, -0.2) is 0 Å². The van der Waals surface area contributed by atoms with Gasteiger partial charge in [0.05, 0.1) is 0 Å². The molecule has 0 aromatic carbocycles. The molecular formula is C4H9Br2N. The monoisotopic (exact) mass is 229 g/mol. The van der Waals surface area contributed by atoms with Crippen molar-refractivity contribution in [2.24, 2.45) is 5.73 Å². The van der Waals surface area contributed by atoms with Gasteiger partial charge in [-0.3, -0.25) is 0 Å². The molecule has 0 saturated carbocycles. The molecule has 0 aliphatic rings. The van der Waals surface area contributed by atoms with Gasteiger partial charge in [0.25, 0.3) is 0 Å². The van der Waals surface area contributed by atoms with E-state index in [0.717, 1.165) is 0 Å². The van der Waals surface area contributed by atoms with Crippen LogP contribution in [0.15, 0.2) is 0 Å². The lowest BCUT2D eigenvalue weighted by Gasteiger charge is -2.06. The second-order valence-electron chi connectivity index (χ2n) is 1.43. The Morgan fingerprint density at radius 3 is 2.00 bits per heavy atom. The van der Waals surface area contributed by atoms with Crippen molar-refractivity contribution in [2.75, 3.05) is 6.54 Å². The first-order valence-corrected chi connectivity index (χ1v) is 3.99. The van der Waals surface area contributed by atoms with Crippen molar-refractivity contribution in [3.05, 3.63) is 0 Å². The highest BCUT2D eigenvalue weighted by molar-refractivity contribution is 9.12. The maximum Gasteiger partial charge on any atom is 0.0390 e. The van der Waals surface area contributed by atoms with Gasteiger partial charge in [-0.1, -0.05) is 38.8 Å². The Morgan fingerprint density at radius 2 is 2.00 bits per heavy atom. The molecule has 0 bridgehead atoms. The lowest BCUT2D eigenvalue weighted by molar-refractivity contribution is 0.867. The molecule has 0 aliphatic carbocycles. The summed E-state index contributed by atoms with van der Waals surface area (Å²) in [5.41, 5.74) is 5.30. The van der Waals surface area contributed by atoms with Crippen molar-refractivity contribution >= 4 is 31.9 Å². The molecule has 0 rings (SSSR count). The summed E-state index contributed by atoms with van der Waals surface area (Å²) in [6.07, 6.45) is 0. The van der Waals surface area contributed by atoms with Crippen molar-refractivity contribution in [2.45, 2.75) is 16.6 Å². The van der Waals surface area contributed by atoms with Gasteiger partial charge in [0.15, 0.2) is 0 Å². The SMILES string of the molecule is CC(Br)C(Br)CN. The lowest BCUT2D eigenvalue weighted by Crippen LogP contribution is -2.20. The van der Waals surface area contributed by atoms with Crippen molar-refractivity contribution in [3.63, 3.8) is 0 Å². The molecule has 0 spiro atoms. The van der Waals surface area contributed by atoms with Crippen LogP contribution in [-0.2, 0) is 0 Å². The van der Waals surface area contributed by atoms with E-state index in [9.17, 15) is 0 Å². The molecule has 44 valence electrons. The van der Waals surface area contributed by atoms with Crippen molar-refractivity contribution in [1.29, 1.82) is 0 Å². The van der Waals surface area contributed by atoms with E-state index in [-0.39, 0.29) is 0 Å². The van der Waals surface area contributed by atoms with Crippen LogP contribution in [0.25, 0.3) is 0 Å². The van der Waals surface area contributed by atoms with E-state index in [1.165, 1.54) is 0 Å². The van der Waals surface area contributed by atoms with Gasteiger partial charge in [0.2, 0.25) is 0 Å². The van der Waals surface area contributed by atoms with E-state index in [2.05, 4.69) is 38.8 Å². The van der Waals surface area contributed by atoms with Crippen LogP contribution in [0, 0.1) is 0 Å². The molecule has 0 aliphatic heterocycles. The van der Waals surface area contributed by atoms with E-state index in [4.69, 9.17) is 5.73 Å². The number of nitrogens with two attached hydrogens (primary N) is 1. The normalized spacial score (nSPS) is 18.9. The molecule has 0 fully saturated rings. The molecular weight excluding hydrogens is 222 g/mol. The van der Waals surface area contributed by atoms with Crippen LogP contribution in [0.4, 0.5) is 0 Å². The third-order valence-corrected chi connectivity index (χ3v) is 3.24. The molecule has 2 atom stereocenters. The van der Waals surface area contributed by atoms with Gasteiger partial charge < -0.3 is 5.73 Å². The quantitative estimate of drug-likeness (QED) is 0.715. The average molecular weight is 231 g/mol. The minimum Gasteiger partial charge on any atom is -0.329 e. The van der Waals surface area contributed by atoms with Gasteiger partial charge in [0.1, 0.15) is 0 Å². The van der Waals surface area contributed by atoms with Gasteiger partial charge in [0, 0.05) is 16.2 Å². The van der Waals surface area contributed by atoms with E-state index >= 15 is 0 Å². The Labute approximate surface area is 60.9 Å². The molecule has 0 saturated heterocycles. The molecule has 0 radical (unpaired) electrons. The molecule has 0 aromatic rings. The number of hydrogen-bond acceptors (Lipinski definition) is 1. The highest BCUT2D eigenvalue weighted by Gasteiger charge is 2.05. The number of hydrogen-bond donors (Lipinski definition) is 1. The summed E-state index contributed by atoms with van der Waals surface area (Å²) in [4.78, 5) is 0.880. The topological polar surface area (TPSA) is 26.0 Å². The van der Waals surface area contributed by atoms with Gasteiger partial charge in [-0.05, 0) is 0 Å². The highest BCUT2D eigenvalue weighted by Crippen LogP contribution is 2.10. The molecule has 0 heterocycles. The number of rotatable bonds is 2. The first-order valence-electron chi connectivity index (χ1n) is 2.16. The van der Waals surface area contributed by atoms with Gasteiger partial charge >= 0.3 is 0 Å². The predicted molar refractivity (Wildman–Crippen MR) is 40.2 cm³/mol.